The highest BCUT2D eigenvalue weighted by Gasteiger charge is 2.35. The van der Waals surface area contributed by atoms with Crippen molar-refractivity contribution in [1.82, 2.24) is 4.72 Å². The standard InChI is InChI=1S/C18H18ClNO3S/c1-12(21)13-6-10-17(11-7-13)24(22,23)20-18(14-2-3-14)15-4-8-16(19)9-5-15/h4-11,14,18,20H,2-3H2,1H3/t18-/m1/s1. The van der Waals surface area contributed by atoms with E-state index in [2.05, 4.69) is 4.72 Å². The minimum absolute atomic E-state index is 0.0936. The van der Waals surface area contributed by atoms with Crippen LogP contribution in [0.3, 0.4) is 0 Å². The molecule has 1 N–H and O–H groups in total. The second-order valence-electron chi connectivity index (χ2n) is 6.07. The van der Waals surface area contributed by atoms with E-state index in [1.54, 1.807) is 12.1 Å². The van der Waals surface area contributed by atoms with E-state index < -0.39 is 10.0 Å². The van der Waals surface area contributed by atoms with Crippen LogP contribution in [0.5, 0.6) is 0 Å². The van der Waals surface area contributed by atoms with Crippen molar-refractivity contribution in [2.75, 3.05) is 0 Å². The van der Waals surface area contributed by atoms with E-state index >= 15 is 0 Å². The Morgan fingerprint density at radius 2 is 1.67 bits per heavy atom. The first kappa shape index (κ1) is 17.1. The molecule has 24 heavy (non-hydrogen) atoms. The number of Topliss-reactive ketones (excluding diaryl/α,β-unsaturated/α-hetero) is 1. The van der Waals surface area contributed by atoms with Crippen LogP contribution in [0.2, 0.25) is 5.02 Å². The van der Waals surface area contributed by atoms with Gasteiger partial charge in [-0.1, -0.05) is 35.9 Å². The molecule has 0 unspecified atom stereocenters. The number of benzene rings is 2. The molecule has 1 aliphatic carbocycles. The van der Waals surface area contributed by atoms with Gasteiger partial charge in [-0.2, -0.15) is 0 Å². The third kappa shape index (κ3) is 3.86. The SMILES string of the molecule is CC(=O)c1ccc(S(=O)(=O)N[C@@H](c2ccc(Cl)cc2)C2CC2)cc1. The fourth-order valence-corrected chi connectivity index (χ4v) is 4.06. The molecule has 0 aromatic heterocycles. The van der Waals surface area contributed by atoms with Crippen LogP contribution in [0.15, 0.2) is 53.4 Å². The highest BCUT2D eigenvalue weighted by molar-refractivity contribution is 7.89. The molecule has 0 amide bonds. The monoisotopic (exact) mass is 363 g/mol. The van der Waals surface area contributed by atoms with Gasteiger partial charge in [-0.25, -0.2) is 13.1 Å². The summed E-state index contributed by atoms with van der Waals surface area (Å²) in [5, 5.41) is 0.621. The van der Waals surface area contributed by atoms with E-state index in [1.165, 1.54) is 31.2 Å². The van der Waals surface area contributed by atoms with E-state index in [-0.39, 0.29) is 16.7 Å². The smallest absolute Gasteiger partial charge is 0.241 e. The number of sulfonamides is 1. The fraction of sp³-hybridized carbons (Fsp3) is 0.278. The Kier molecular flexibility index (Phi) is 4.76. The molecular formula is C18H18ClNO3S. The second kappa shape index (κ2) is 6.67. The van der Waals surface area contributed by atoms with Crippen LogP contribution in [-0.4, -0.2) is 14.2 Å². The number of rotatable bonds is 6. The predicted octanol–water partition coefficient (Wildman–Crippen LogP) is 3.97. The van der Waals surface area contributed by atoms with E-state index in [0.29, 0.717) is 16.5 Å². The van der Waals surface area contributed by atoms with E-state index in [0.717, 1.165) is 18.4 Å². The van der Waals surface area contributed by atoms with Gasteiger partial charge in [-0.05, 0) is 55.5 Å². The number of carbonyl (C=O) groups is 1. The van der Waals surface area contributed by atoms with Gasteiger partial charge in [0.15, 0.2) is 5.78 Å². The molecule has 0 saturated heterocycles. The van der Waals surface area contributed by atoms with Crippen LogP contribution < -0.4 is 4.72 Å². The summed E-state index contributed by atoms with van der Waals surface area (Å²) in [6.45, 7) is 1.45. The summed E-state index contributed by atoms with van der Waals surface area (Å²) >= 11 is 5.91. The van der Waals surface area contributed by atoms with Crippen LogP contribution in [0.25, 0.3) is 0 Å². The zero-order valence-corrected chi connectivity index (χ0v) is 14.8. The van der Waals surface area contributed by atoms with Crippen LogP contribution >= 0.6 is 11.6 Å². The third-order valence-electron chi connectivity index (χ3n) is 4.18. The van der Waals surface area contributed by atoms with Crippen LogP contribution in [0.1, 0.15) is 41.7 Å². The number of hydrogen-bond acceptors (Lipinski definition) is 3. The quantitative estimate of drug-likeness (QED) is 0.790. The molecule has 0 heterocycles. The first-order chi connectivity index (χ1) is 11.4. The lowest BCUT2D eigenvalue weighted by Gasteiger charge is -2.19. The lowest BCUT2D eigenvalue weighted by atomic mass is 10.0. The predicted molar refractivity (Wildman–Crippen MR) is 93.7 cm³/mol. The summed E-state index contributed by atoms with van der Waals surface area (Å²) in [7, 11) is -3.66. The molecule has 2 aromatic rings. The maximum Gasteiger partial charge on any atom is 0.241 e. The normalized spacial score (nSPS) is 15.9. The topological polar surface area (TPSA) is 63.2 Å². The lowest BCUT2D eigenvalue weighted by Crippen LogP contribution is -2.30. The second-order valence-corrected chi connectivity index (χ2v) is 8.22. The average molecular weight is 364 g/mol. The number of ketones is 1. The van der Waals surface area contributed by atoms with Crippen molar-refractivity contribution in [2.24, 2.45) is 5.92 Å². The highest BCUT2D eigenvalue weighted by Crippen LogP contribution is 2.42. The maximum absolute atomic E-state index is 12.7. The van der Waals surface area contributed by atoms with Crippen molar-refractivity contribution in [3.8, 4) is 0 Å². The maximum atomic E-state index is 12.7. The molecule has 0 spiro atoms. The van der Waals surface area contributed by atoms with Crippen LogP contribution in [0, 0.1) is 5.92 Å². The number of carbonyl (C=O) groups excluding carboxylic acids is 1. The van der Waals surface area contributed by atoms with Crippen LogP contribution in [0.4, 0.5) is 0 Å². The minimum Gasteiger partial charge on any atom is -0.295 e. The molecule has 1 saturated carbocycles. The number of nitrogens with one attached hydrogen (secondary N) is 1. The Morgan fingerprint density at radius 1 is 1.08 bits per heavy atom. The lowest BCUT2D eigenvalue weighted by molar-refractivity contribution is 0.101. The van der Waals surface area contributed by atoms with Gasteiger partial charge in [-0.3, -0.25) is 4.79 Å². The van der Waals surface area contributed by atoms with Gasteiger partial charge in [0.25, 0.3) is 0 Å². The molecule has 0 radical (unpaired) electrons. The van der Waals surface area contributed by atoms with Crippen LogP contribution in [-0.2, 0) is 10.0 Å². The van der Waals surface area contributed by atoms with Crippen molar-refractivity contribution in [3.05, 3.63) is 64.7 Å². The van der Waals surface area contributed by atoms with E-state index in [1.807, 2.05) is 12.1 Å². The summed E-state index contributed by atoms with van der Waals surface area (Å²) < 4.78 is 28.1. The summed E-state index contributed by atoms with van der Waals surface area (Å²) in [6.07, 6.45) is 2.00. The number of hydrogen-bond donors (Lipinski definition) is 1. The molecule has 1 aliphatic rings. The molecule has 126 valence electrons. The third-order valence-corrected chi connectivity index (χ3v) is 5.88. The fourth-order valence-electron chi connectivity index (χ4n) is 2.64. The van der Waals surface area contributed by atoms with Crippen molar-refractivity contribution < 1.29 is 13.2 Å². The summed E-state index contributed by atoms with van der Waals surface area (Å²) in [4.78, 5) is 11.5. The van der Waals surface area contributed by atoms with Gasteiger partial charge in [-0.15, -0.1) is 0 Å². The molecule has 4 nitrogen and oxygen atoms in total. The molecule has 1 atom stereocenters. The zero-order chi connectivity index (χ0) is 17.3. The van der Waals surface area contributed by atoms with Crippen molar-refractivity contribution in [1.29, 1.82) is 0 Å². The molecule has 6 heteroatoms. The van der Waals surface area contributed by atoms with Gasteiger partial charge in [0.2, 0.25) is 10.0 Å². The first-order valence-electron chi connectivity index (χ1n) is 7.75. The van der Waals surface area contributed by atoms with Crippen molar-refractivity contribution >= 4 is 27.4 Å². The Bertz CT molecular complexity index is 841. The van der Waals surface area contributed by atoms with Crippen molar-refractivity contribution in [3.63, 3.8) is 0 Å². The zero-order valence-electron chi connectivity index (χ0n) is 13.2. The van der Waals surface area contributed by atoms with Crippen molar-refractivity contribution in [2.45, 2.75) is 30.7 Å². The summed E-state index contributed by atoms with van der Waals surface area (Å²) in [5.41, 5.74) is 1.40. The molecule has 2 aromatic carbocycles. The summed E-state index contributed by atoms with van der Waals surface area (Å²) in [6, 6.07) is 13.0. The number of halogens is 1. The highest BCUT2D eigenvalue weighted by atomic mass is 35.5. The molecule has 3 rings (SSSR count). The molecule has 0 aliphatic heterocycles. The minimum atomic E-state index is -3.66. The summed E-state index contributed by atoms with van der Waals surface area (Å²) in [5.74, 6) is 0.210. The van der Waals surface area contributed by atoms with Gasteiger partial charge in [0.1, 0.15) is 0 Å². The van der Waals surface area contributed by atoms with Gasteiger partial charge in [0.05, 0.1) is 4.90 Å². The van der Waals surface area contributed by atoms with E-state index in [4.69, 9.17) is 11.6 Å². The Labute approximate surface area is 146 Å². The van der Waals surface area contributed by atoms with Gasteiger partial charge in [0, 0.05) is 16.6 Å². The average Bonchev–Trinajstić information content (AvgIpc) is 3.38. The van der Waals surface area contributed by atoms with Gasteiger partial charge < -0.3 is 0 Å². The molecule has 1 fully saturated rings. The Morgan fingerprint density at radius 3 is 2.17 bits per heavy atom. The Hall–Kier alpha value is -1.69. The Balaban J connectivity index is 1.85. The molecule has 0 bridgehead atoms. The largest absolute Gasteiger partial charge is 0.295 e. The van der Waals surface area contributed by atoms with E-state index in [9.17, 15) is 13.2 Å². The molecular weight excluding hydrogens is 346 g/mol. The first-order valence-corrected chi connectivity index (χ1v) is 9.62. The van der Waals surface area contributed by atoms with Gasteiger partial charge >= 0.3 is 0 Å².